The van der Waals surface area contributed by atoms with Crippen molar-refractivity contribution in [3.8, 4) is 0 Å². The third-order valence-corrected chi connectivity index (χ3v) is 6.03. The summed E-state index contributed by atoms with van der Waals surface area (Å²) in [5.41, 5.74) is 4.16. The van der Waals surface area contributed by atoms with Crippen molar-refractivity contribution in [2.24, 2.45) is 5.92 Å². The molecule has 1 aliphatic carbocycles. The number of aromatic nitrogens is 4. The van der Waals surface area contributed by atoms with Crippen LogP contribution in [0, 0.1) is 11.7 Å². The zero-order valence-corrected chi connectivity index (χ0v) is 16.6. The highest BCUT2D eigenvalue weighted by molar-refractivity contribution is 5.82. The van der Waals surface area contributed by atoms with Crippen LogP contribution < -0.4 is 5.32 Å². The third-order valence-electron chi connectivity index (χ3n) is 6.03. The van der Waals surface area contributed by atoms with Gasteiger partial charge in [0, 0.05) is 42.5 Å². The molecule has 1 aliphatic heterocycles. The van der Waals surface area contributed by atoms with Gasteiger partial charge in [-0.3, -0.25) is 0 Å². The summed E-state index contributed by atoms with van der Waals surface area (Å²) < 4.78 is 16.1. The summed E-state index contributed by atoms with van der Waals surface area (Å²) in [6.45, 7) is 3.23. The van der Waals surface area contributed by atoms with Gasteiger partial charge >= 0.3 is 0 Å². The fraction of sp³-hybridized carbons (Fsp3) is 0.409. The zero-order valence-electron chi connectivity index (χ0n) is 16.6. The fourth-order valence-corrected chi connectivity index (χ4v) is 4.29. The minimum atomic E-state index is -0.321. The highest BCUT2D eigenvalue weighted by Gasteiger charge is 2.20. The van der Waals surface area contributed by atoms with Gasteiger partial charge in [-0.2, -0.15) is 0 Å². The van der Waals surface area contributed by atoms with Crippen LogP contribution in [0.1, 0.15) is 36.1 Å². The summed E-state index contributed by atoms with van der Waals surface area (Å²) in [5, 5.41) is 3.43. The average Bonchev–Trinajstić information content (AvgIpc) is 3.22. The van der Waals surface area contributed by atoms with Crippen molar-refractivity contribution in [2.75, 3.05) is 32.0 Å². The lowest BCUT2D eigenvalue weighted by Crippen LogP contribution is -2.33. The normalized spacial score (nSPS) is 17.9. The molecule has 1 fully saturated rings. The number of likely N-dealkylation sites (tertiary alicyclic amines) is 1. The molecule has 0 saturated carbocycles. The van der Waals surface area contributed by atoms with E-state index in [0.717, 1.165) is 54.9 Å². The van der Waals surface area contributed by atoms with Crippen molar-refractivity contribution in [1.29, 1.82) is 0 Å². The lowest BCUT2D eigenvalue weighted by molar-refractivity contribution is 0.226. The Hall–Kier alpha value is -2.80. The van der Waals surface area contributed by atoms with E-state index in [2.05, 4.69) is 33.3 Å². The molecule has 150 valence electrons. The summed E-state index contributed by atoms with van der Waals surface area (Å²) in [7, 11) is 2.18. The molecule has 0 aromatic carbocycles. The smallest absolute Gasteiger partial charge is 0.222 e. The van der Waals surface area contributed by atoms with Crippen LogP contribution in [-0.4, -0.2) is 50.9 Å². The van der Waals surface area contributed by atoms with Gasteiger partial charge < -0.3 is 14.6 Å². The van der Waals surface area contributed by atoms with E-state index < -0.39 is 0 Å². The fourth-order valence-electron chi connectivity index (χ4n) is 4.29. The molecule has 3 aromatic rings. The Bertz CT molecular complexity index is 1060. The van der Waals surface area contributed by atoms with Gasteiger partial charge in [0.1, 0.15) is 0 Å². The van der Waals surface area contributed by atoms with Gasteiger partial charge in [-0.15, -0.1) is 0 Å². The molecule has 1 saturated heterocycles. The first kappa shape index (κ1) is 18.2. The van der Waals surface area contributed by atoms with Crippen molar-refractivity contribution in [2.45, 2.75) is 25.7 Å². The van der Waals surface area contributed by atoms with Crippen LogP contribution in [0.2, 0.25) is 0 Å². The van der Waals surface area contributed by atoms with Gasteiger partial charge in [0.2, 0.25) is 5.95 Å². The first-order valence-electron chi connectivity index (χ1n) is 10.3. The van der Waals surface area contributed by atoms with Crippen LogP contribution >= 0.6 is 0 Å². The Kier molecular flexibility index (Phi) is 4.75. The molecule has 2 aliphatic rings. The Balaban J connectivity index is 1.36. The maximum atomic E-state index is 14.4. The Morgan fingerprint density at radius 1 is 1.24 bits per heavy atom. The number of fused-ring (bicyclic) bond motifs is 2. The number of imidazole rings is 1. The number of aryl methyl sites for hydroxylation is 1. The maximum Gasteiger partial charge on any atom is 0.222 e. The van der Waals surface area contributed by atoms with Crippen molar-refractivity contribution in [3.05, 3.63) is 59.6 Å². The van der Waals surface area contributed by atoms with Crippen molar-refractivity contribution < 1.29 is 4.39 Å². The number of halogens is 1. The van der Waals surface area contributed by atoms with E-state index in [1.807, 2.05) is 12.4 Å². The summed E-state index contributed by atoms with van der Waals surface area (Å²) >= 11 is 0. The molecule has 0 spiro atoms. The number of rotatable bonds is 4. The summed E-state index contributed by atoms with van der Waals surface area (Å²) in [6, 6.07) is 1.55. The highest BCUT2D eigenvalue weighted by Crippen LogP contribution is 2.31. The molecule has 0 radical (unpaired) electrons. The second-order valence-corrected chi connectivity index (χ2v) is 8.07. The molecule has 4 heterocycles. The Labute approximate surface area is 169 Å². The van der Waals surface area contributed by atoms with Gasteiger partial charge in [-0.1, -0.05) is 6.08 Å². The molecule has 0 amide bonds. The highest BCUT2D eigenvalue weighted by atomic mass is 19.1. The number of anilines is 1. The van der Waals surface area contributed by atoms with Crippen molar-refractivity contribution >= 4 is 17.2 Å². The average molecular weight is 392 g/mol. The second-order valence-electron chi connectivity index (χ2n) is 8.07. The number of piperidine rings is 1. The van der Waals surface area contributed by atoms with Crippen LogP contribution in [0.5, 0.6) is 0 Å². The standard InChI is InChI=1S/C22H25FN6/c1-28-8-5-15(6-9-28)12-25-22-26-13-18-17(3-2-4-20(18)27-22)16-11-19(23)21-24-7-10-29(21)14-16/h3,7,10-11,13-15H,2,4-6,8-9,12H2,1H3,(H,25,26,27). The molecule has 0 atom stereocenters. The van der Waals surface area contributed by atoms with E-state index in [9.17, 15) is 4.39 Å². The lowest BCUT2D eigenvalue weighted by atomic mass is 9.91. The SMILES string of the molecule is CN1CCC(CNc2ncc3c(n2)CCC=C3c2cc(F)c3nccn3c2)CC1. The van der Waals surface area contributed by atoms with Gasteiger partial charge in [-0.25, -0.2) is 19.3 Å². The van der Waals surface area contributed by atoms with Crippen LogP contribution in [0.25, 0.3) is 11.2 Å². The quantitative estimate of drug-likeness (QED) is 0.738. The number of hydrogen-bond donors (Lipinski definition) is 1. The van der Waals surface area contributed by atoms with E-state index in [-0.39, 0.29) is 5.82 Å². The Morgan fingerprint density at radius 3 is 2.97 bits per heavy atom. The van der Waals surface area contributed by atoms with Gasteiger partial charge in [-0.05, 0) is 63.4 Å². The van der Waals surface area contributed by atoms with Crippen LogP contribution in [0.3, 0.4) is 0 Å². The van der Waals surface area contributed by atoms with Crippen molar-refractivity contribution in [3.63, 3.8) is 0 Å². The molecule has 1 N–H and O–H groups in total. The van der Waals surface area contributed by atoms with Crippen LogP contribution in [0.15, 0.2) is 36.9 Å². The molecule has 6 nitrogen and oxygen atoms in total. The largest absolute Gasteiger partial charge is 0.354 e. The minimum Gasteiger partial charge on any atom is -0.354 e. The molecule has 5 rings (SSSR count). The Morgan fingerprint density at radius 2 is 2.10 bits per heavy atom. The first-order chi connectivity index (χ1) is 14.2. The van der Waals surface area contributed by atoms with Gasteiger partial charge in [0.15, 0.2) is 11.5 Å². The predicted molar refractivity (Wildman–Crippen MR) is 111 cm³/mol. The number of hydrogen-bond acceptors (Lipinski definition) is 5. The molecule has 3 aromatic heterocycles. The molecule has 7 heteroatoms. The first-order valence-corrected chi connectivity index (χ1v) is 10.3. The number of nitrogens with one attached hydrogen (secondary N) is 1. The van der Waals surface area contributed by atoms with E-state index in [4.69, 9.17) is 4.98 Å². The predicted octanol–water partition coefficient (Wildman–Crippen LogP) is 3.40. The summed E-state index contributed by atoms with van der Waals surface area (Å²) in [4.78, 5) is 15.8. The van der Waals surface area contributed by atoms with Gasteiger partial charge in [0.25, 0.3) is 0 Å². The third kappa shape index (κ3) is 3.62. The minimum absolute atomic E-state index is 0.321. The number of allylic oxidation sites excluding steroid dienone is 1. The van der Waals surface area contributed by atoms with Crippen molar-refractivity contribution in [1.82, 2.24) is 24.3 Å². The molecule has 0 bridgehead atoms. The number of pyridine rings is 1. The monoisotopic (exact) mass is 392 g/mol. The van der Waals surface area contributed by atoms with E-state index in [1.165, 1.54) is 12.8 Å². The van der Waals surface area contributed by atoms with E-state index in [0.29, 0.717) is 17.5 Å². The van der Waals surface area contributed by atoms with E-state index >= 15 is 0 Å². The van der Waals surface area contributed by atoms with Gasteiger partial charge in [0.05, 0.1) is 5.69 Å². The summed E-state index contributed by atoms with van der Waals surface area (Å²) in [6.07, 6.45) is 13.5. The molecule has 29 heavy (non-hydrogen) atoms. The maximum absolute atomic E-state index is 14.4. The number of nitrogens with zero attached hydrogens (tertiary/aromatic N) is 5. The second kappa shape index (κ2) is 7.55. The molecule has 0 unspecified atom stereocenters. The zero-order chi connectivity index (χ0) is 19.8. The molecular formula is C22H25FN6. The van der Waals surface area contributed by atoms with Crippen LogP contribution in [-0.2, 0) is 6.42 Å². The van der Waals surface area contributed by atoms with Crippen LogP contribution in [0.4, 0.5) is 10.3 Å². The lowest BCUT2D eigenvalue weighted by Gasteiger charge is -2.29. The van der Waals surface area contributed by atoms with E-state index in [1.54, 1.807) is 22.9 Å². The topological polar surface area (TPSA) is 58.3 Å². The molecular weight excluding hydrogens is 367 g/mol. The summed E-state index contributed by atoms with van der Waals surface area (Å²) in [5.74, 6) is 1.05.